The molecule has 0 atom stereocenters. The van der Waals surface area contributed by atoms with Crippen LogP contribution in [0, 0.1) is 0 Å². The van der Waals surface area contributed by atoms with E-state index < -0.39 is 28.4 Å². The molecule has 0 saturated carbocycles. The van der Waals surface area contributed by atoms with Crippen molar-refractivity contribution in [2.45, 2.75) is 24.8 Å². The summed E-state index contributed by atoms with van der Waals surface area (Å²) in [5, 5.41) is 2.48. The van der Waals surface area contributed by atoms with Crippen LogP contribution in [0.2, 0.25) is 5.02 Å². The van der Waals surface area contributed by atoms with Crippen molar-refractivity contribution in [2.24, 2.45) is 0 Å². The van der Waals surface area contributed by atoms with Gasteiger partial charge in [-0.15, -0.1) is 0 Å². The third-order valence-electron chi connectivity index (χ3n) is 2.51. The van der Waals surface area contributed by atoms with E-state index >= 15 is 0 Å². The molecule has 0 aliphatic heterocycles. The van der Waals surface area contributed by atoms with Crippen molar-refractivity contribution in [1.29, 1.82) is 0 Å². The summed E-state index contributed by atoms with van der Waals surface area (Å²) in [7, 11) is -2.86. The van der Waals surface area contributed by atoms with Crippen molar-refractivity contribution >= 4 is 33.5 Å². The number of nitrogens with one attached hydrogen (secondary N) is 2. The van der Waals surface area contributed by atoms with Crippen LogP contribution in [0.1, 0.15) is 24.2 Å². The number of amides is 1. The molecule has 9 heteroatoms. The van der Waals surface area contributed by atoms with E-state index in [2.05, 4.69) is 14.8 Å². The highest BCUT2D eigenvalue weighted by Gasteiger charge is 2.21. The highest BCUT2D eigenvalue weighted by atomic mass is 35.5. The van der Waals surface area contributed by atoms with Gasteiger partial charge in [-0.2, -0.15) is 0 Å². The van der Waals surface area contributed by atoms with Crippen molar-refractivity contribution in [3.63, 3.8) is 0 Å². The molecule has 1 aromatic rings. The lowest BCUT2D eigenvalue weighted by molar-refractivity contribution is -0.120. The van der Waals surface area contributed by atoms with E-state index in [0.29, 0.717) is 0 Å². The first-order chi connectivity index (χ1) is 10.2. The van der Waals surface area contributed by atoms with Gasteiger partial charge in [0.1, 0.15) is 4.90 Å². The minimum atomic E-state index is -4.04. The molecule has 1 aromatic carbocycles. The summed E-state index contributed by atoms with van der Waals surface area (Å²) >= 11 is 5.86. The van der Waals surface area contributed by atoms with Crippen LogP contribution in [-0.2, 0) is 19.6 Å². The van der Waals surface area contributed by atoms with E-state index in [1.807, 2.05) is 0 Å². The molecule has 22 heavy (non-hydrogen) atoms. The van der Waals surface area contributed by atoms with Crippen LogP contribution >= 0.6 is 11.6 Å². The number of esters is 1. The minimum absolute atomic E-state index is 0.0407. The van der Waals surface area contributed by atoms with E-state index in [1.165, 1.54) is 19.2 Å². The zero-order chi connectivity index (χ0) is 16.9. The Hall–Kier alpha value is -1.64. The van der Waals surface area contributed by atoms with E-state index in [9.17, 15) is 18.0 Å². The lowest BCUT2D eigenvalue weighted by Gasteiger charge is -2.11. The zero-order valence-corrected chi connectivity index (χ0v) is 13.9. The summed E-state index contributed by atoms with van der Waals surface area (Å²) in [5.74, 6) is -1.16. The average molecular weight is 349 g/mol. The van der Waals surface area contributed by atoms with Gasteiger partial charge in [0.25, 0.3) is 0 Å². The van der Waals surface area contributed by atoms with E-state index in [4.69, 9.17) is 11.6 Å². The van der Waals surface area contributed by atoms with Gasteiger partial charge in [0.15, 0.2) is 0 Å². The molecule has 0 unspecified atom stereocenters. The molecule has 0 aliphatic rings. The molecule has 0 saturated heterocycles. The Morgan fingerprint density at radius 3 is 2.50 bits per heavy atom. The molecule has 7 nitrogen and oxygen atoms in total. The summed E-state index contributed by atoms with van der Waals surface area (Å²) in [6.07, 6.45) is 0. The van der Waals surface area contributed by atoms with Crippen LogP contribution in [0.4, 0.5) is 0 Å². The predicted molar refractivity (Wildman–Crippen MR) is 81.3 cm³/mol. The number of halogens is 1. The smallest absolute Gasteiger partial charge is 0.337 e. The fourth-order valence-electron chi connectivity index (χ4n) is 1.57. The lowest BCUT2D eigenvalue weighted by atomic mass is 10.2. The number of methoxy groups -OCH3 is 1. The lowest BCUT2D eigenvalue weighted by Crippen LogP contribution is -2.39. The van der Waals surface area contributed by atoms with Crippen molar-refractivity contribution in [3.05, 3.63) is 28.8 Å². The number of sulfonamides is 1. The summed E-state index contributed by atoms with van der Waals surface area (Å²) in [6.45, 7) is 3.07. The average Bonchev–Trinajstić information content (AvgIpc) is 2.44. The van der Waals surface area contributed by atoms with E-state index in [1.54, 1.807) is 13.8 Å². The molecular formula is C13H17ClN2O5S. The Balaban J connectivity index is 2.97. The Kier molecular flexibility index (Phi) is 6.34. The number of ether oxygens (including phenoxy) is 1. The summed E-state index contributed by atoms with van der Waals surface area (Å²) in [5.41, 5.74) is 0.0407. The maximum absolute atomic E-state index is 12.2. The molecular weight excluding hydrogens is 332 g/mol. The largest absolute Gasteiger partial charge is 0.465 e. The first kappa shape index (κ1) is 18.4. The van der Waals surface area contributed by atoms with Crippen LogP contribution in [0.5, 0.6) is 0 Å². The van der Waals surface area contributed by atoms with Gasteiger partial charge >= 0.3 is 5.97 Å². The first-order valence-corrected chi connectivity index (χ1v) is 8.20. The second-order valence-electron chi connectivity index (χ2n) is 4.68. The van der Waals surface area contributed by atoms with Crippen molar-refractivity contribution in [2.75, 3.05) is 13.7 Å². The molecule has 2 N–H and O–H groups in total. The Bertz CT molecular complexity index is 673. The number of rotatable bonds is 6. The summed E-state index contributed by atoms with van der Waals surface area (Å²) in [6, 6.07) is 3.61. The van der Waals surface area contributed by atoms with Gasteiger partial charge in [-0.1, -0.05) is 11.6 Å². The topological polar surface area (TPSA) is 102 Å². The fourth-order valence-corrected chi connectivity index (χ4v) is 3.07. The van der Waals surface area contributed by atoms with Gasteiger partial charge < -0.3 is 10.1 Å². The number of benzene rings is 1. The van der Waals surface area contributed by atoms with Crippen LogP contribution in [0.3, 0.4) is 0 Å². The van der Waals surface area contributed by atoms with Crippen molar-refractivity contribution < 1.29 is 22.7 Å². The SMILES string of the molecule is COC(=O)c1ccc(Cl)c(S(=O)(=O)NCC(=O)NC(C)C)c1. The maximum atomic E-state index is 12.2. The minimum Gasteiger partial charge on any atom is -0.465 e. The molecule has 0 aliphatic carbocycles. The monoisotopic (exact) mass is 348 g/mol. The quantitative estimate of drug-likeness (QED) is 0.745. The third-order valence-corrected chi connectivity index (χ3v) is 4.40. The summed E-state index contributed by atoms with van der Waals surface area (Å²) < 4.78 is 31.0. The number of carbonyl (C=O) groups is 2. The van der Waals surface area contributed by atoms with Gasteiger partial charge in [-0.3, -0.25) is 4.79 Å². The number of hydrogen-bond acceptors (Lipinski definition) is 5. The highest BCUT2D eigenvalue weighted by Crippen LogP contribution is 2.22. The Labute approximate surface area is 134 Å². The van der Waals surface area contributed by atoms with Crippen molar-refractivity contribution in [1.82, 2.24) is 10.0 Å². The maximum Gasteiger partial charge on any atom is 0.337 e. The molecule has 122 valence electrons. The standard InChI is InChI=1S/C13H17ClN2O5S/c1-8(2)16-12(17)7-15-22(19,20)11-6-9(13(18)21-3)4-5-10(11)14/h4-6,8,15H,7H2,1-3H3,(H,16,17). The van der Waals surface area contributed by atoms with E-state index in [0.717, 1.165) is 6.07 Å². The third kappa shape index (κ3) is 4.97. The molecule has 1 amide bonds. The van der Waals surface area contributed by atoms with Gasteiger partial charge in [-0.25, -0.2) is 17.9 Å². The molecule has 0 spiro atoms. The van der Waals surface area contributed by atoms with Crippen LogP contribution in [-0.4, -0.2) is 40.0 Å². The molecule has 0 fully saturated rings. The number of hydrogen-bond donors (Lipinski definition) is 2. The molecule has 1 rings (SSSR count). The van der Waals surface area contributed by atoms with Crippen LogP contribution < -0.4 is 10.0 Å². The molecule has 0 bridgehead atoms. The Morgan fingerprint density at radius 1 is 1.32 bits per heavy atom. The fraction of sp³-hybridized carbons (Fsp3) is 0.385. The van der Waals surface area contributed by atoms with Crippen molar-refractivity contribution in [3.8, 4) is 0 Å². The van der Waals surface area contributed by atoms with Crippen LogP contribution in [0.15, 0.2) is 23.1 Å². The summed E-state index contributed by atoms with van der Waals surface area (Å²) in [4.78, 5) is 22.6. The highest BCUT2D eigenvalue weighted by molar-refractivity contribution is 7.89. The number of carbonyl (C=O) groups excluding carboxylic acids is 2. The van der Waals surface area contributed by atoms with Gasteiger partial charge in [-0.05, 0) is 32.0 Å². The van der Waals surface area contributed by atoms with Gasteiger partial charge in [0.2, 0.25) is 15.9 Å². The molecule has 0 radical (unpaired) electrons. The van der Waals surface area contributed by atoms with Crippen LogP contribution in [0.25, 0.3) is 0 Å². The molecule has 0 aromatic heterocycles. The van der Waals surface area contributed by atoms with Gasteiger partial charge in [0.05, 0.1) is 24.2 Å². The molecule has 0 heterocycles. The second kappa shape index (κ2) is 7.57. The van der Waals surface area contributed by atoms with Gasteiger partial charge in [0, 0.05) is 6.04 Å². The van der Waals surface area contributed by atoms with E-state index in [-0.39, 0.29) is 21.5 Å². The first-order valence-electron chi connectivity index (χ1n) is 6.34. The second-order valence-corrected chi connectivity index (χ2v) is 6.83. The predicted octanol–water partition coefficient (Wildman–Crippen LogP) is 0.929. The zero-order valence-electron chi connectivity index (χ0n) is 12.3. The Morgan fingerprint density at radius 2 is 1.95 bits per heavy atom. The normalized spacial score (nSPS) is 11.3.